The minimum atomic E-state index is -0.780. The number of phenols is 1. The zero-order valence-electron chi connectivity index (χ0n) is 11.6. The van der Waals surface area contributed by atoms with Crippen LogP contribution in [-0.2, 0) is 9.53 Å². The van der Waals surface area contributed by atoms with Gasteiger partial charge in [-0.05, 0) is 19.9 Å². The van der Waals surface area contributed by atoms with Gasteiger partial charge in [-0.15, -0.1) is 0 Å². The maximum Gasteiger partial charge on any atom is 0.338 e. The summed E-state index contributed by atoms with van der Waals surface area (Å²) < 4.78 is 5.02. The average Bonchev–Trinajstić information content (AvgIpc) is 2.41. The van der Waals surface area contributed by atoms with E-state index in [-0.39, 0.29) is 23.0 Å². The van der Waals surface area contributed by atoms with Crippen LogP contribution in [0.1, 0.15) is 25.5 Å². The molecular weight excluding hydrogens is 296 g/mol. The van der Waals surface area contributed by atoms with Crippen molar-refractivity contribution in [2.75, 3.05) is 6.61 Å². The van der Waals surface area contributed by atoms with Gasteiger partial charge in [0.05, 0.1) is 23.2 Å². The third-order valence-corrected chi connectivity index (χ3v) is 3.50. The minimum Gasteiger partial charge on any atom is -0.506 e. The summed E-state index contributed by atoms with van der Waals surface area (Å²) in [7, 11) is 0. The van der Waals surface area contributed by atoms with Crippen LogP contribution in [0.25, 0.3) is 0 Å². The zero-order chi connectivity index (χ0) is 15.6. The molecule has 1 unspecified atom stereocenters. The molecule has 112 valence electrons. The van der Waals surface area contributed by atoms with Gasteiger partial charge < -0.3 is 20.5 Å². The van der Waals surface area contributed by atoms with Crippen molar-refractivity contribution in [1.82, 2.24) is 10.6 Å². The predicted molar refractivity (Wildman–Crippen MR) is 76.9 cm³/mol. The van der Waals surface area contributed by atoms with Crippen molar-refractivity contribution < 1.29 is 19.4 Å². The van der Waals surface area contributed by atoms with E-state index in [2.05, 4.69) is 10.6 Å². The van der Waals surface area contributed by atoms with Gasteiger partial charge in [0.2, 0.25) is 0 Å². The second-order valence-electron chi connectivity index (χ2n) is 4.47. The fraction of sp³-hybridized carbons (Fsp3) is 0.286. The molecule has 21 heavy (non-hydrogen) atoms. The second-order valence-corrected chi connectivity index (χ2v) is 4.85. The summed E-state index contributed by atoms with van der Waals surface area (Å²) >= 11 is 6.07. The highest BCUT2D eigenvalue weighted by molar-refractivity contribution is 6.33. The molecule has 2 rings (SSSR count). The Labute approximate surface area is 126 Å². The first kappa shape index (κ1) is 15.2. The third kappa shape index (κ3) is 2.95. The maximum atomic E-state index is 12.1. The smallest absolute Gasteiger partial charge is 0.338 e. The van der Waals surface area contributed by atoms with E-state index in [0.29, 0.717) is 11.3 Å². The lowest BCUT2D eigenvalue weighted by Gasteiger charge is -2.28. The number of allylic oxidation sites excluding steroid dienone is 1. The monoisotopic (exact) mass is 310 g/mol. The molecule has 2 amide bonds. The lowest BCUT2D eigenvalue weighted by molar-refractivity contribution is -0.139. The van der Waals surface area contributed by atoms with Crippen LogP contribution in [0.5, 0.6) is 5.75 Å². The van der Waals surface area contributed by atoms with Crippen molar-refractivity contribution in [2.24, 2.45) is 0 Å². The Bertz CT molecular complexity index is 627. The Hall–Kier alpha value is -2.21. The summed E-state index contributed by atoms with van der Waals surface area (Å²) in [5.41, 5.74) is 1.07. The number of ether oxygens (including phenoxy) is 1. The molecule has 1 atom stereocenters. The van der Waals surface area contributed by atoms with Gasteiger partial charge in [0.1, 0.15) is 5.75 Å². The minimum absolute atomic E-state index is 0.0827. The van der Waals surface area contributed by atoms with Crippen molar-refractivity contribution in [3.05, 3.63) is 40.1 Å². The number of benzene rings is 1. The number of hydrogen-bond acceptors (Lipinski definition) is 4. The molecule has 6 nitrogen and oxygen atoms in total. The number of esters is 1. The van der Waals surface area contributed by atoms with Crippen LogP contribution in [0.2, 0.25) is 5.02 Å². The van der Waals surface area contributed by atoms with E-state index >= 15 is 0 Å². The number of rotatable bonds is 3. The van der Waals surface area contributed by atoms with Crippen LogP contribution in [-0.4, -0.2) is 23.7 Å². The van der Waals surface area contributed by atoms with Crippen molar-refractivity contribution in [1.29, 1.82) is 0 Å². The van der Waals surface area contributed by atoms with Gasteiger partial charge >= 0.3 is 12.0 Å². The molecule has 0 aromatic heterocycles. The summed E-state index contributed by atoms with van der Waals surface area (Å²) in [5, 5.41) is 14.9. The molecule has 0 aliphatic carbocycles. The van der Waals surface area contributed by atoms with Gasteiger partial charge in [-0.25, -0.2) is 9.59 Å². The van der Waals surface area contributed by atoms with E-state index in [9.17, 15) is 14.7 Å². The fourth-order valence-electron chi connectivity index (χ4n) is 2.17. The van der Waals surface area contributed by atoms with Crippen molar-refractivity contribution in [3.63, 3.8) is 0 Å². The Morgan fingerprint density at radius 2 is 2.19 bits per heavy atom. The van der Waals surface area contributed by atoms with Crippen LogP contribution in [0, 0.1) is 0 Å². The van der Waals surface area contributed by atoms with Gasteiger partial charge in [0.25, 0.3) is 0 Å². The van der Waals surface area contributed by atoms with E-state index in [0.717, 1.165) is 0 Å². The number of carbonyl (C=O) groups excluding carboxylic acids is 2. The van der Waals surface area contributed by atoms with E-state index in [1.807, 2.05) is 0 Å². The molecule has 0 saturated carbocycles. The summed E-state index contributed by atoms with van der Waals surface area (Å²) in [4.78, 5) is 23.8. The molecule has 1 heterocycles. The van der Waals surface area contributed by atoms with Gasteiger partial charge in [0.15, 0.2) is 0 Å². The number of urea groups is 1. The summed E-state index contributed by atoms with van der Waals surface area (Å²) in [5.74, 6) is -0.672. The number of amides is 2. The largest absolute Gasteiger partial charge is 0.506 e. The fourth-order valence-corrected chi connectivity index (χ4v) is 2.40. The lowest BCUT2D eigenvalue weighted by atomic mass is 9.95. The molecule has 0 radical (unpaired) electrons. The molecule has 7 heteroatoms. The van der Waals surface area contributed by atoms with E-state index < -0.39 is 18.0 Å². The van der Waals surface area contributed by atoms with Crippen molar-refractivity contribution >= 4 is 23.6 Å². The predicted octanol–water partition coefficient (Wildman–Crippen LogP) is 2.24. The summed E-state index contributed by atoms with van der Waals surface area (Å²) in [6.07, 6.45) is 0. The van der Waals surface area contributed by atoms with Crippen LogP contribution in [0.15, 0.2) is 29.5 Å². The molecule has 0 saturated heterocycles. The van der Waals surface area contributed by atoms with Crippen LogP contribution < -0.4 is 10.6 Å². The molecule has 0 bridgehead atoms. The highest BCUT2D eigenvalue weighted by Crippen LogP contribution is 2.36. The molecule has 1 aliphatic rings. The number of phenolic OH excluding ortho intramolecular Hbond substituents is 1. The quantitative estimate of drug-likeness (QED) is 0.747. The van der Waals surface area contributed by atoms with Gasteiger partial charge in [0, 0.05) is 11.3 Å². The molecule has 0 fully saturated rings. The Kier molecular flexibility index (Phi) is 4.37. The van der Waals surface area contributed by atoms with Crippen LogP contribution in [0.4, 0.5) is 4.79 Å². The number of halogens is 1. The Balaban J connectivity index is 2.52. The standard InChI is InChI=1S/C14H15ClN2O4/c1-3-21-13(19)10-7(2)16-14(20)17-12(10)8-5-4-6-9(18)11(8)15/h4-6,12,18H,3H2,1-2H3,(H2,16,17,20). The van der Waals surface area contributed by atoms with Gasteiger partial charge in [-0.1, -0.05) is 23.7 Å². The number of nitrogens with one attached hydrogen (secondary N) is 2. The number of carbonyl (C=O) groups is 2. The normalized spacial score (nSPS) is 18.0. The third-order valence-electron chi connectivity index (χ3n) is 3.08. The average molecular weight is 311 g/mol. The van der Waals surface area contributed by atoms with E-state index in [4.69, 9.17) is 16.3 Å². The molecule has 3 N–H and O–H groups in total. The maximum absolute atomic E-state index is 12.1. The van der Waals surface area contributed by atoms with Gasteiger partial charge in [-0.2, -0.15) is 0 Å². The highest BCUT2D eigenvalue weighted by atomic mass is 35.5. The topological polar surface area (TPSA) is 87.7 Å². The summed E-state index contributed by atoms with van der Waals surface area (Å²) in [6.45, 7) is 3.51. The molecular formula is C14H15ClN2O4. The summed E-state index contributed by atoms with van der Waals surface area (Å²) in [6, 6.07) is 3.41. The second kappa shape index (κ2) is 6.05. The molecule has 1 aromatic carbocycles. The molecule has 1 aromatic rings. The molecule has 1 aliphatic heterocycles. The van der Waals surface area contributed by atoms with Crippen LogP contribution >= 0.6 is 11.6 Å². The first-order valence-corrected chi connectivity index (χ1v) is 6.76. The highest BCUT2D eigenvalue weighted by Gasteiger charge is 2.33. The van der Waals surface area contributed by atoms with Crippen molar-refractivity contribution in [2.45, 2.75) is 19.9 Å². The van der Waals surface area contributed by atoms with E-state index in [1.165, 1.54) is 6.07 Å². The Morgan fingerprint density at radius 1 is 1.48 bits per heavy atom. The number of aromatic hydroxyl groups is 1. The SMILES string of the molecule is CCOC(=O)C1=C(C)NC(=O)NC1c1cccc(O)c1Cl. The van der Waals surface area contributed by atoms with E-state index in [1.54, 1.807) is 26.0 Å². The first-order chi connectivity index (χ1) is 9.95. The lowest BCUT2D eigenvalue weighted by Crippen LogP contribution is -2.45. The first-order valence-electron chi connectivity index (χ1n) is 6.38. The molecule has 0 spiro atoms. The van der Waals surface area contributed by atoms with Crippen molar-refractivity contribution in [3.8, 4) is 5.75 Å². The van der Waals surface area contributed by atoms with Gasteiger partial charge in [-0.3, -0.25) is 0 Å². The Morgan fingerprint density at radius 3 is 2.86 bits per heavy atom. The van der Waals surface area contributed by atoms with Crippen LogP contribution in [0.3, 0.4) is 0 Å². The zero-order valence-corrected chi connectivity index (χ0v) is 12.3. The number of hydrogen-bond donors (Lipinski definition) is 3.